The fraction of sp³-hybridized carbons (Fsp3) is 0.280. The van der Waals surface area contributed by atoms with Gasteiger partial charge in [-0.05, 0) is 61.4 Å². The Kier molecular flexibility index (Phi) is 5.48. The number of carboxylic acid groups (broad SMARTS) is 2. The van der Waals surface area contributed by atoms with Gasteiger partial charge in [0, 0.05) is 17.5 Å². The van der Waals surface area contributed by atoms with Crippen molar-refractivity contribution in [1.82, 2.24) is 9.78 Å². The molecule has 1 unspecified atom stereocenters. The molecule has 5 rings (SSSR count). The Bertz CT molecular complexity index is 1360. The number of aromatic carboxylic acids is 1. The summed E-state index contributed by atoms with van der Waals surface area (Å²) in [6.07, 6.45) is 2.59. The van der Waals surface area contributed by atoms with E-state index in [0.717, 1.165) is 29.2 Å². The smallest absolute Gasteiger partial charge is 0.335 e. The SMILES string of the molecule is O=C(O)c1ccc(-c2nn(C(=O)c3c(Cl)cccc3C3CC3)c3c2CCC(C(=O)O)C3)c(F)c1. The highest BCUT2D eigenvalue weighted by molar-refractivity contribution is 6.34. The summed E-state index contributed by atoms with van der Waals surface area (Å²) < 4.78 is 16.1. The van der Waals surface area contributed by atoms with Gasteiger partial charge < -0.3 is 10.2 Å². The molecule has 34 heavy (non-hydrogen) atoms. The molecule has 1 saturated carbocycles. The van der Waals surface area contributed by atoms with E-state index in [1.54, 1.807) is 12.1 Å². The molecular weight excluding hydrogens is 463 g/mol. The summed E-state index contributed by atoms with van der Waals surface area (Å²) in [5.74, 6) is -3.96. The van der Waals surface area contributed by atoms with E-state index in [4.69, 9.17) is 16.7 Å². The van der Waals surface area contributed by atoms with Crippen LogP contribution in [0.4, 0.5) is 4.39 Å². The molecule has 7 nitrogen and oxygen atoms in total. The first-order valence-electron chi connectivity index (χ1n) is 11.0. The monoisotopic (exact) mass is 482 g/mol. The average Bonchev–Trinajstić information content (AvgIpc) is 3.59. The zero-order valence-corrected chi connectivity index (χ0v) is 18.7. The summed E-state index contributed by atoms with van der Waals surface area (Å²) in [7, 11) is 0. The van der Waals surface area contributed by atoms with Crippen LogP contribution in [0.5, 0.6) is 0 Å². The van der Waals surface area contributed by atoms with Crippen LogP contribution in [0.2, 0.25) is 5.02 Å². The topological polar surface area (TPSA) is 109 Å². The van der Waals surface area contributed by atoms with Crippen molar-refractivity contribution in [1.29, 1.82) is 0 Å². The summed E-state index contributed by atoms with van der Waals surface area (Å²) in [6, 6.07) is 8.78. The molecule has 0 aliphatic heterocycles. The maximum atomic E-state index is 14.9. The van der Waals surface area contributed by atoms with Gasteiger partial charge in [-0.25, -0.2) is 9.18 Å². The lowest BCUT2D eigenvalue weighted by Gasteiger charge is -2.20. The predicted molar refractivity (Wildman–Crippen MR) is 121 cm³/mol. The van der Waals surface area contributed by atoms with Crippen LogP contribution in [0.25, 0.3) is 11.3 Å². The first-order valence-corrected chi connectivity index (χ1v) is 11.3. The quantitative estimate of drug-likeness (QED) is 0.540. The minimum Gasteiger partial charge on any atom is -0.481 e. The fourth-order valence-electron chi connectivity index (χ4n) is 4.65. The van der Waals surface area contributed by atoms with E-state index in [1.165, 1.54) is 12.1 Å². The number of nitrogens with zero attached hydrogens (tertiary/aromatic N) is 2. The fourth-order valence-corrected chi connectivity index (χ4v) is 4.92. The second-order valence-corrected chi connectivity index (χ2v) is 9.15. The van der Waals surface area contributed by atoms with Crippen LogP contribution in [0.1, 0.15) is 62.7 Å². The van der Waals surface area contributed by atoms with Gasteiger partial charge in [-0.2, -0.15) is 9.78 Å². The summed E-state index contributed by atoms with van der Waals surface area (Å²) in [5, 5.41) is 23.5. The second kappa shape index (κ2) is 8.36. The van der Waals surface area contributed by atoms with Gasteiger partial charge in [0.1, 0.15) is 5.82 Å². The van der Waals surface area contributed by atoms with Gasteiger partial charge in [0.15, 0.2) is 0 Å². The molecule has 1 aromatic heterocycles. The van der Waals surface area contributed by atoms with Gasteiger partial charge >= 0.3 is 11.9 Å². The number of rotatable bonds is 5. The third kappa shape index (κ3) is 3.77. The first kappa shape index (κ1) is 22.3. The standard InChI is InChI=1S/C25H20ClFN2O5/c26-18-3-1-2-15(12-4-5-12)21(18)23(30)29-20-11-14(25(33)34)7-9-17(20)22(28-29)16-8-6-13(24(31)32)10-19(16)27/h1-3,6,8,10,12,14H,4-5,7,9,11H2,(H,31,32)(H,33,34). The van der Waals surface area contributed by atoms with E-state index < -0.39 is 29.6 Å². The third-order valence-electron chi connectivity index (χ3n) is 6.56. The molecule has 3 aromatic rings. The highest BCUT2D eigenvalue weighted by Crippen LogP contribution is 2.44. The number of aliphatic carboxylic acids is 1. The molecule has 2 aliphatic rings. The van der Waals surface area contributed by atoms with Gasteiger partial charge in [0.25, 0.3) is 5.91 Å². The summed E-state index contributed by atoms with van der Waals surface area (Å²) in [4.78, 5) is 36.6. The highest BCUT2D eigenvalue weighted by atomic mass is 35.5. The van der Waals surface area contributed by atoms with Gasteiger partial charge in [-0.15, -0.1) is 0 Å². The summed E-state index contributed by atoms with van der Waals surface area (Å²) in [6.45, 7) is 0. The normalized spacial score (nSPS) is 17.3. The van der Waals surface area contributed by atoms with Crippen molar-refractivity contribution in [2.45, 2.75) is 38.0 Å². The number of halogens is 2. The lowest BCUT2D eigenvalue weighted by Crippen LogP contribution is -2.26. The van der Waals surface area contributed by atoms with E-state index in [9.17, 15) is 23.9 Å². The Morgan fingerprint density at radius 1 is 1.09 bits per heavy atom. The van der Waals surface area contributed by atoms with Crippen molar-refractivity contribution in [3.8, 4) is 11.3 Å². The molecule has 0 saturated heterocycles. The predicted octanol–water partition coefficient (Wildman–Crippen LogP) is 4.80. The van der Waals surface area contributed by atoms with Gasteiger partial charge in [-0.3, -0.25) is 9.59 Å². The molecule has 2 aromatic carbocycles. The van der Waals surface area contributed by atoms with E-state index in [2.05, 4.69) is 5.10 Å². The molecule has 174 valence electrons. The molecule has 0 bridgehead atoms. The summed E-state index contributed by atoms with van der Waals surface area (Å²) >= 11 is 6.43. The van der Waals surface area contributed by atoms with E-state index in [1.807, 2.05) is 6.07 Å². The minimum absolute atomic E-state index is 0.0585. The largest absolute Gasteiger partial charge is 0.481 e. The van der Waals surface area contributed by atoms with Crippen molar-refractivity contribution in [2.75, 3.05) is 0 Å². The number of hydrogen-bond donors (Lipinski definition) is 2. The van der Waals surface area contributed by atoms with Crippen molar-refractivity contribution in [3.05, 3.63) is 75.2 Å². The molecule has 0 amide bonds. The molecule has 1 heterocycles. The molecule has 2 aliphatic carbocycles. The van der Waals surface area contributed by atoms with Crippen LogP contribution in [-0.2, 0) is 17.6 Å². The highest BCUT2D eigenvalue weighted by Gasteiger charge is 2.35. The molecule has 1 atom stereocenters. The minimum atomic E-state index is -1.26. The number of benzene rings is 2. The van der Waals surface area contributed by atoms with E-state index in [-0.39, 0.29) is 34.2 Å². The Morgan fingerprint density at radius 3 is 2.50 bits per heavy atom. The van der Waals surface area contributed by atoms with Crippen LogP contribution in [0.3, 0.4) is 0 Å². The summed E-state index contributed by atoms with van der Waals surface area (Å²) in [5.41, 5.74) is 2.22. The first-order chi connectivity index (χ1) is 16.3. The molecule has 0 spiro atoms. The van der Waals surface area contributed by atoms with Gasteiger partial charge in [0.2, 0.25) is 0 Å². The second-order valence-electron chi connectivity index (χ2n) is 8.75. The Labute approximate surface area is 198 Å². The maximum Gasteiger partial charge on any atom is 0.335 e. The van der Waals surface area contributed by atoms with Crippen molar-refractivity contribution >= 4 is 29.4 Å². The van der Waals surface area contributed by atoms with Gasteiger partial charge in [-0.1, -0.05) is 23.7 Å². The zero-order chi connectivity index (χ0) is 24.1. The molecule has 0 radical (unpaired) electrons. The van der Waals surface area contributed by atoms with Crippen molar-refractivity contribution in [2.24, 2.45) is 5.92 Å². The maximum absolute atomic E-state index is 14.9. The van der Waals surface area contributed by atoms with E-state index in [0.29, 0.717) is 29.7 Å². The van der Waals surface area contributed by atoms with Crippen molar-refractivity contribution in [3.63, 3.8) is 0 Å². The van der Waals surface area contributed by atoms with Gasteiger partial charge in [0.05, 0.1) is 33.5 Å². The van der Waals surface area contributed by atoms with Crippen LogP contribution in [0, 0.1) is 11.7 Å². The van der Waals surface area contributed by atoms with Crippen molar-refractivity contribution < 1.29 is 29.0 Å². The Balaban J connectivity index is 1.67. The number of carbonyl (C=O) groups excluding carboxylic acids is 1. The zero-order valence-electron chi connectivity index (χ0n) is 17.9. The van der Waals surface area contributed by atoms with Crippen LogP contribution < -0.4 is 0 Å². The number of carboxylic acids is 2. The lowest BCUT2D eigenvalue weighted by atomic mass is 9.85. The molecule has 9 heteroatoms. The van der Waals surface area contributed by atoms with Crippen LogP contribution in [-0.4, -0.2) is 37.8 Å². The van der Waals surface area contributed by atoms with Crippen LogP contribution in [0.15, 0.2) is 36.4 Å². The number of fused-ring (bicyclic) bond motifs is 1. The van der Waals surface area contributed by atoms with E-state index >= 15 is 0 Å². The molecule has 2 N–H and O–H groups in total. The number of carbonyl (C=O) groups is 3. The average molecular weight is 483 g/mol. The Morgan fingerprint density at radius 2 is 1.85 bits per heavy atom. The number of hydrogen-bond acceptors (Lipinski definition) is 4. The Hall–Kier alpha value is -3.52. The third-order valence-corrected chi connectivity index (χ3v) is 6.88. The van der Waals surface area contributed by atoms with Crippen LogP contribution >= 0.6 is 11.6 Å². The lowest BCUT2D eigenvalue weighted by molar-refractivity contribution is -0.142. The molecule has 1 fully saturated rings. The number of aromatic nitrogens is 2. The molecular formula is C25H20ClFN2O5.